The first-order valence-corrected chi connectivity index (χ1v) is 7.96. The van der Waals surface area contributed by atoms with E-state index < -0.39 is 11.9 Å². The normalized spacial score (nSPS) is 18.1. The number of nitrogens with one attached hydrogen (secondary N) is 1. The van der Waals surface area contributed by atoms with Gasteiger partial charge in [0, 0.05) is 19.6 Å². The first-order valence-electron chi connectivity index (χ1n) is 7.17. The van der Waals surface area contributed by atoms with Crippen molar-refractivity contribution in [1.82, 2.24) is 10.2 Å². The molecule has 1 heterocycles. The highest BCUT2D eigenvalue weighted by Crippen LogP contribution is 2.18. The lowest BCUT2D eigenvalue weighted by Gasteiger charge is -2.30. The van der Waals surface area contributed by atoms with Gasteiger partial charge in [0.15, 0.2) is 0 Å². The van der Waals surface area contributed by atoms with Gasteiger partial charge in [0.2, 0.25) is 0 Å². The molecule has 2 rings (SSSR count). The van der Waals surface area contributed by atoms with Gasteiger partial charge in [0.25, 0.3) is 0 Å². The number of rotatable bonds is 4. The van der Waals surface area contributed by atoms with Gasteiger partial charge in [-0.2, -0.15) is 0 Å². The summed E-state index contributed by atoms with van der Waals surface area (Å²) < 4.78 is 13.5. The van der Waals surface area contributed by atoms with Crippen molar-refractivity contribution in [3.8, 4) is 0 Å². The number of nitrogens with zero attached hydrogens (tertiary/aromatic N) is 1. The molecular weight excluding hydrogens is 355 g/mol. The molecule has 0 spiro atoms. The summed E-state index contributed by atoms with van der Waals surface area (Å²) in [6, 6.07) is 4.49. The van der Waals surface area contributed by atoms with E-state index >= 15 is 0 Å². The molecule has 120 valence electrons. The van der Waals surface area contributed by atoms with Gasteiger partial charge in [-0.1, -0.05) is 6.07 Å². The molecule has 0 aliphatic carbocycles. The van der Waals surface area contributed by atoms with E-state index in [0.29, 0.717) is 36.8 Å². The van der Waals surface area contributed by atoms with Crippen molar-refractivity contribution in [2.75, 3.05) is 19.6 Å². The average Bonchev–Trinajstić information content (AvgIpc) is 2.51. The minimum atomic E-state index is -0.853. The van der Waals surface area contributed by atoms with Crippen molar-refractivity contribution < 1.29 is 19.1 Å². The van der Waals surface area contributed by atoms with Gasteiger partial charge >= 0.3 is 12.0 Å². The van der Waals surface area contributed by atoms with Crippen LogP contribution >= 0.6 is 15.9 Å². The SMILES string of the molecule is O=C(O)C1CCCN(C(=O)NCCc2ccc(F)c(Br)c2)C1. The summed E-state index contributed by atoms with van der Waals surface area (Å²) >= 11 is 3.12. The molecule has 1 aliphatic heterocycles. The third-order valence-corrected chi connectivity index (χ3v) is 4.34. The van der Waals surface area contributed by atoms with Crippen molar-refractivity contribution in [1.29, 1.82) is 0 Å². The monoisotopic (exact) mass is 372 g/mol. The molecule has 1 unspecified atom stereocenters. The molecule has 7 heteroatoms. The number of aliphatic carboxylic acids is 1. The van der Waals surface area contributed by atoms with Crippen LogP contribution in [0.25, 0.3) is 0 Å². The number of hydrogen-bond donors (Lipinski definition) is 2. The van der Waals surface area contributed by atoms with E-state index in [0.717, 1.165) is 5.56 Å². The molecule has 22 heavy (non-hydrogen) atoms. The molecule has 1 atom stereocenters. The van der Waals surface area contributed by atoms with Gasteiger partial charge in [0.1, 0.15) is 5.82 Å². The van der Waals surface area contributed by atoms with Crippen LogP contribution in [-0.2, 0) is 11.2 Å². The number of carbonyl (C=O) groups is 2. The molecule has 1 saturated heterocycles. The average molecular weight is 373 g/mol. The fourth-order valence-corrected chi connectivity index (χ4v) is 2.91. The fourth-order valence-electron chi connectivity index (χ4n) is 2.48. The molecule has 0 bridgehead atoms. The summed E-state index contributed by atoms with van der Waals surface area (Å²) in [4.78, 5) is 24.6. The standard InChI is InChI=1S/C15H18BrFN2O3/c16-12-8-10(3-4-13(12)17)5-6-18-15(22)19-7-1-2-11(9-19)14(20)21/h3-4,8,11H,1-2,5-7,9H2,(H,18,22)(H,20,21). The van der Waals surface area contributed by atoms with Crippen molar-refractivity contribution >= 4 is 27.9 Å². The van der Waals surface area contributed by atoms with Crippen LogP contribution in [0.2, 0.25) is 0 Å². The molecule has 5 nitrogen and oxygen atoms in total. The third kappa shape index (κ3) is 4.43. The number of urea groups is 1. The minimum Gasteiger partial charge on any atom is -0.481 e. The first-order chi connectivity index (χ1) is 10.5. The second-order valence-corrected chi connectivity index (χ2v) is 6.21. The smallest absolute Gasteiger partial charge is 0.317 e. The van der Waals surface area contributed by atoms with Gasteiger partial charge in [-0.05, 0) is 52.9 Å². The number of carboxylic acid groups (broad SMARTS) is 1. The zero-order valence-corrected chi connectivity index (χ0v) is 13.6. The van der Waals surface area contributed by atoms with Gasteiger partial charge in [-0.25, -0.2) is 9.18 Å². The maximum Gasteiger partial charge on any atom is 0.317 e. The summed E-state index contributed by atoms with van der Waals surface area (Å²) in [5.41, 5.74) is 0.913. The van der Waals surface area contributed by atoms with Crippen LogP contribution in [-0.4, -0.2) is 41.6 Å². The van der Waals surface area contributed by atoms with Crippen LogP contribution in [0.5, 0.6) is 0 Å². The molecule has 2 N–H and O–H groups in total. The van der Waals surface area contributed by atoms with Crippen LogP contribution < -0.4 is 5.32 Å². The number of hydrogen-bond acceptors (Lipinski definition) is 2. The van der Waals surface area contributed by atoms with E-state index in [4.69, 9.17) is 5.11 Å². The molecule has 0 aromatic heterocycles. The summed E-state index contributed by atoms with van der Waals surface area (Å²) in [5.74, 6) is -1.65. The Hall–Kier alpha value is -1.63. The number of benzene rings is 1. The molecule has 1 aromatic carbocycles. The number of amides is 2. The van der Waals surface area contributed by atoms with E-state index in [2.05, 4.69) is 21.2 Å². The largest absolute Gasteiger partial charge is 0.481 e. The van der Waals surface area contributed by atoms with Gasteiger partial charge in [-0.3, -0.25) is 4.79 Å². The lowest BCUT2D eigenvalue weighted by molar-refractivity contribution is -0.143. The summed E-state index contributed by atoms with van der Waals surface area (Å²) in [6.07, 6.45) is 1.90. The lowest BCUT2D eigenvalue weighted by atomic mass is 9.99. The summed E-state index contributed by atoms with van der Waals surface area (Å²) in [7, 11) is 0. The zero-order chi connectivity index (χ0) is 16.1. The van der Waals surface area contributed by atoms with E-state index in [-0.39, 0.29) is 18.4 Å². The Kier molecular flexibility index (Phi) is 5.76. The molecule has 1 aliphatic rings. The molecule has 2 amide bonds. The number of carbonyl (C=O) groups excluding carboxylic acids is 1. The Morgan fingerprint density at radius 3 is 2.91 bits per heavy atom. The number of piperidine rings is 1. The highest BCUT2D eigenvalue weighted by atomic mass is 79.9. The topological polar surface area (TPSA) is 69.6 Å². The van der Waals surface area contributed by atoms with Crippen LogP contribution in [0.1, 0.15) is 18.4 Å². The van der Waals surface area contributed by atoms with Gasteiger partial charge in [0.05, 0.1) is 10.4 Å². The van der Waals surface area contributed by atoms with Gasteiger partial charge < -0.3 is 15.3 Å². The predicted octanol–water partition coefficient (Wildman–Crippen LogP) is 2.64. The molecular formula is C15H18BrFN2O3. The maximum atomic E-state index is 13.1. The predicted molar refractivity (Wildman–Crippen MR) is 83.1 cm³/mol. The minimum absolute atomic E-state index is 0.243. The maximum absolute atomic E-state index is 13.1. The quantitative estimate of drug-likeness (QED) is 0.853. The molecule has 0 saturated carbocycles. The number of carboxylic acids is 1. The van der Waals surface area contributed by atoms with Crippen LogP contribution in [0, 0.1) is 11.7 Å². The van der Waals surface area contributed by atoms with Crippen molar-refractivity contribution in [3.63, 3.8) is 0 Å². The first kappa shape index (κ1) is 16.7. The highest BCUT2D eigenvalue weighted by molar-refractivity contribution is 9.10. The molecule has 0 radical (unpaired) electrons. The van der Waals surface area contributed by atoms with Crippen molar-refractivity contribution in [2.45, 2.75) is 19.3 Å². The summed E-state index contributed by atoms with van der Waals surface area (Å²) in [5, 5.41) is 11.8. The van der Waals surface area contributed by atoms with E-state index in [1.807, 2.05) is 0 Å². The van der Waals surface area contributed by atoms with Gasteiger partial charge in [-0.15, -0.1) is 0 Å². The van der Waals surface area contributed by atoms with E-state index in [1.54, 1.807) is 17.0 Å². The van der Waals surface area contributed by atoms with E-state index in [9.17, 15) is 14.0 Å². The van der Waals surface area contributed by atoms with Crippen molar-refractivity contribution in [2.24, 2.45) is 5.92 Å². The summed E-state index contributed by atoms with van der Waals surface area (Å²) in [6.45, 7) is 1.26. The Balaban J connectivity index is 1.79. The lowest BCUT2D eigenvalue weighted by Crippen LogP contribution is -2.47. The zero-order valence-electron chi connectivity index (χ0n) is 12.0. The Morgan fingerprint density at radius 2 is 2.23 bits per heavy atom. The second kappa shape index (κ2) is 7.58. The van der Waals surface area contributed by atoms with Crippen LogP contribution in [0.15, 0.2) is 22.7 Å². The number of likely N-dealkylation sites (tertiary alicyclic amines) is 1. The molecule has 1 fully saturated rings. The molecule has 1 aromatic rings. The van der Waals surface area contributed by atoms with Crippen LogP contribution in [0.3, 0.4) is 0 Å². The van der Waals surface area contributed by atoms with Crippen LogP contribution in [0.4, 0.5) is 9.18 Å². The van der Waals surface area contributed by atoms with Crippen molar-refractivity contribution in [3.05, 3.63) is 34.1 Å². The third-order valence-electron chi connectivity index (χ3n) is 3.73. The highest BCUT2D eigenvalue weighted by Gasteiger charge is 2.27. The Labute approximate surface area is 136 Å². The van der Waals surface area contributed by atoms with E-state index in [1.165, 1.54) is 6.07 Å². The fraction of sp³-hybridized carbons (Fsp3) is 0.467. The second-order valence-electron chi connectivity index (χ2n) is 5.35. The Bertz CT molecular complexity index is 568. The Morgan fingerprint density at radius 1 is 1.45 bits per heavy atom. The number of halogens is 2.